The zero-order valence-electron chi connectivity index (χ0n) is 13.8. The van der Waals surface area contributed by atoms with Crippen molar-refractivity contribution in [1.29, 1.82) is 0 Å². The highest BCUT2D eigenvalue weighted by atomic mass is 15.2. The molecular weight excluding hydrogens is 280 g/mol. The summed E-state index contributed by atoms with van der Waals surface area (Å²) >= 11 is 0. The Kier molecular flexibility index (Phi) is 3.02. The molecule has 0 radical (unpaired) electrons. The fourth-order valence-electron chi connectivity index (χ4n) is 5.04. The van der Waals surface area contributed by atoms with E-state index < -0.39 is 0 Å². The maximum atomic E-state index is 2.68. The molecule has 1 fully saturated rings. The van der Waals surface area contributed by atoms with Gasteiger partial charge >= 0.3 is 0 Å². The molecule has 5 rings (SSSR count). The third kappa shape index (κ3) is 2.12. The fraction of sp³-hybridized carbons (Fsp3) is 0.429. The molecule has 2 nitrogen and oxygen atoms in total. The molecule has 0 N–H and O–H groups in total. The van der Waals surface area contributed by atoms with E-state index in [1.54, 1.807) is 16.8 Å². The van der Waals surface area contributed by atoms with Gasteiger partial charge in [-0.1, -0.05) is 30.3 Å². The summed E-state index contributed by atoms with van der Waals surface area (Å²) < 4.78 is 0. The number of benzene rings is 2. The molecule has 2 aromatic rings. The minimum atomic E-state index is 0.728. The van der Waals surface area contributed by atoms with E-state index in [1.165, 1.54) is 50.1 Å². The van der Waals surface area contributed by atoms with Gasteiger partial charge in [-0.05, 0) is 60.2 Å². The Hall–Kier alpha value is -1.80. The molecule has 2 aromatic carbocycles. The van der Waals surface area contributed by atoms with Gasteiger partial charge in [0.1, 0.15) is 0 Å². The number of likely N-dealkylation sites (tertiary alicyclic amines) is 1. The summed E-state index contributed by atoms with van der Waals surface area (Å²) in [5, 5.41) is 0. The summed E-state index contributed by atoms with van der Waals surface area (Å²) in [5.41, 5.74) is 7.57. The van der Waals surface area contributed by atoms with Crippen LogP contribution < -0.4 is 4.90 Å². The zero-order valence-corrected chi connectivity index (χ0v) is 13.8. The van der Waals surface area contributed by atoms with Crippen LogP contribution in [-0.2, 0) is 6.42 Å². The molecule has 2 unspecified atom stereocenters. The Morgan fingerprint density at radius 1 is 0.957 bits per heavy atom. The molecule has 0 aromatic heterocycles. The van der Waals surface area contributed by atoms with Crippen molar-refractivity contribution in [2.75, 3.05) is 38.1 Å². The van der Waals surface area contributed by atoms with Crippen molar-refractivity contribution in [1.82, 2.24) is 4.90 Å². The lowest BCUT2D eigenvalue weighted by Gasteiger charge is -2.42. The lowest BCUT2D eigenvalue weighted by Crippen LogP contribution is -2.41. The van der Waals surface area contributed by atoms with Crippen molar-refractivity contribution in [2.45, 2.75) is 18.8 Å². The van der Waals surface area contributed by atoms with E-state index in [-0.39, 0.29) is 0 Å². The lowest BCUT2D eigenvalue weighted by atomic mass is 9.79. The van der Waals surface area contributed by atoms with Crippen LogP contribution in [0.25, 0.3) is 11.1 Å². The maximum Gasteiger partial charge on any atom is 0.0435 e. The van der Waals surface area contributed by atoms with Gasteiger partial charge in [0, 0.05) is 37.8 Å². The molecular formula is C21H24N2. The minimum absolute atomic E-state index is 0.728. The fourth-order valence-corrected chi connectivity index (χ4v) is 5.04. The highest BCUT2D eigenvalue weighted by molar-refractivity contribution is 5.74. The molecule has 118 valence electrons. The largest absolute Gasteiger partial charge is 0.371 e. The highest BCUT2D eigenvalue weighted by Crippen LogP contribution is 2.47. The van der Waals surface area contributed by atoms with Gasteiger partial charge in [0.2, 0.25) is 0 Å². The Labute approximate surface area is 138 Å². The summed E-state index contributed by atoms with van der Waals surface area (Å²) in [6.07, 6.45) is 2.55. The van der Waals surface area contributed by atoms with Gasteiger partial charge in [-0.2, -0.15) is 0 Å². The van der Waals surface area contributed by atoms with Crippen LogP contribution in [0.3, 0.4) is 0 Å². The summed E-state index contributed by atoms with van der Waals surface area (Å²) in [6, 6.07) is 15.9. The third-order valence-corrected chi connectivity index (χ3v) is 5.99. The SMILES string of the molecule is CN1CC2CN3CCCc4cc(-c5ccccc5)cc(c43)C2C1. The van der Waals surface area contributed by atoms with E-state index in [0.717, 1.165) is 11.8 Å². The van der Waals surface area contributed by atoms with Crippen molar-refractivity contribution in [2.24, 2.45) is 5.92 Å². The van der Waals surface area contributed by atoms with Crippen molar-refractivity contribution in [3.05, 3.63) is 53.6 Å². The van der Waals surface area contributed by atoms with Gasteiger partial charge in [0.15, 0.2) is 0 Å². The summed E-state index contributed by atoms with van der Waals surface area (Å²) in [4.78, 5) is 5.21. The summed E-state index contributed by atoms with van der Waals surface area (Å²) in [5.74, 6) is 1.54. The van der Waals surface area contributed by atoms with Gasteiger partial charge in [0.05, 0.1) is 0 Å². The number of hydrogen-bond acceptors (Lipinski definition) is 2. The third-order valence-electron chi connectivity index (χ3n) is 5.99. The van der Waals surface area contributed by atoms with Crippen molar-refractivity contribution < 1.29 is 0 Å². The van der Waals surface area contributed by atoms with Crippen LogP contribution in [0, 0.1) is 5.92 Å². The number of aryl methyl sites for hydroxylation is 1. The predicted octanol–water partition coefficient (Wildman–Crippen LogP) is 3.77. The minimum Gasteiger partial charge on any atom is -0.371 e. The first kappa shape index (κ1) is 13.6. The molecule has 3 heterocycles. The van der Waals surface area contributed by atoms with Crippen molar-refractivity contribution in [3.63, 3.8) is 0 Å². The number of rotatable bonds is 1. The molecule has 2 atom stereocenters. The molecule has 0 spiro atoms. The van der Waals surface area contributed by atoms with Crippen molar-refractivity contribution >= 4 is 5.69 Å². The molecule has 0 saturated carbocycles. The first-order valence-corrected chi connectivity index (χ1v) is 8.95. The first-order valence-electron chi connectivity index (χ1n) is 8.95. The molecule has 23 heavy (non-hydrogen) atoms. The molecule has 3 aliphatic heterocycles. The normalized spacial score (nSPS) is 26.0. The Bertz CT molecular complexity index is 737. The zero-order chi connectivity index (χ0) is 15.4. The topological polar surface area (TPSA) is 6.48 Å². The molecule has 0 aliphatic carbocycles. The van der Waals surface area contributed by atoms with Crippen molar-refractivity contribution in [3.8, 4) is 11.1 Å². The average molecular weight is 304 g/mol. The average Bonchev–Trinajstić information content (AvgIpc) is 2.96. The van der Waals surface area contributed by atoms with E-state index in [1.807, 2.05) is 0 Å². The molecule has 1 saturated heterocycles. The van der Waals surface area contributed by atoms with E-state index >= 15 is 0 Å². The second-order valence-corrected chi connectivity index (χ2v) is 7.58. The number of anilines is 1. The van der Waals surface area contributed by atoms with Gasteiger partial charge in [-0.25, -0.2) is 0 Å². The van der Waals surface area contributed by atoms with Crippen LogP contribution in [0.2, 0.25) is 0 Å². The van der Waals surface area contributed by atoms with Gasteiger partial charge in [-0.3, -0.25) is 0 Å². The summed E-state index contributed by atoms with van der Waals surface area (Å²) in [6.45, 7) is 4.99. The van der Waals surface area contributed by atoms with E-state index in [2.05, 4.69) is 59.3 Å². The monoisotopic (exact) mass is 304 g/mol. The number of likely N-dealkylation sites (N-methyl/N-ethyl adjacent to an activating group) is 1. The second kappa shape index (κ2) is 5.10. The van der Waals surface area contributed by atoms with Crippen LogP contribution in [0.5, 0.6) is 0 Å². The summed E-state index contributed by atoms with van der Waals surface area (Å²) in [7, 11) is 2.28. The van der Waals surface area contributed by atoms with Gasteiger partial charge in [-0.15, -0.1) is 0 Å². The number of hydrogen-bond donors (Lipinski definition) is 0. The predicted molar refractivity (Wildman–Crippen MR) is 96.1 cm³/mol. The van der Waals surface area contributed by atoms with Crippen LogP contribution >= 0.6 is 0 Å². The number of fused-ring (bicyclic) bond motifs is 2. The van der Waals surface area contributed by atoms with Gasteiger partial charge < -0.3 is 9.80 Å². The maximum absolute atomic E-state index is 2.68. The molecule has 2 heteroatoms. The molecule has 0 bridgehead atoms. The Morgan fingerprint density at radius 2 is 1.83 bits per heavy atom. The van der Waals surface area contributed by atoms with Crippen LogP contribution in [0.1, 0.15) is 23.5 Å². The highest BCUT2D eigenvalue weighted by Gasteiger charge is 2.40. The van der Waals surface area contributed by atoms with Crippen LogP contribution in [0.4, 0.5) is 5.69 Å². The lowest BCUT2D eigenvalue weighted by molar-refractivity contribution is 0.393. The smallest absolute Gasteiger partial charge is 0.0435 e. The van der Waals surface area contributed by atoms with E-state index in [9.17, 15) is 0 Å². The molecule has 0 amide bonds. The number of nitrogens with zero attached hydrogens (tertiary/aromatic N) is 2. The second-order valence-electron chi connectivity index (χ2n) is 7.58. The van der Waals surface area contributed by atoms with E-state index in [0.29, 0.717) is 0 Å². The standard InChI is InChI=1S/C21H24N2/c1-22-12-18-13-23-9-5-8-16-10-17(15-6-3-2-4-7-15)11-19(21(16)23)20(18)14-22/h2-4,6-7,10-11,18,20H,5,8-9,12-14H2,1H3. The molecule has 3 aliphatic rings. The first-order chi connectivity index (χ1) is 11.3. The van der Waals surface area contributed by atoms with Crippen LogP contribution in [0.15, 0.2) is 42.5 Å². The van der Waals surface area contributed by atoms with Gasteiger partial charge in [0.25, 0.3) is 0 Å². The Balaban J connectivity index is 1.69. The van der Waals surface area contributed by atoms with E-state index in [4.69, 9.17) is 0 Å². The Morgan fingerprint density at radius 3 is 2.70 bits per heavy atom. The van der Waals surface area contributed by atoms with Crippen LogP contribution in [-0.4, -0.2) is 38.1 Å². The quantitative estimate of drug-likeness (QED) is 0.791.